The van der Waals surface area contributed by atoms with E-state index in [1.807, 2.05) is 0 Å². The summed E-state index contributed by atoms with van der Waals surface area (Å²) in [7, 11) is -7.29. The molecule has 8 nitrogen and oxygen atoms in total. The molecule has 0 unspecified atom stereocenters. The van der Waals surface area contributed by atoms with Crippen LogP contribution >= 0.6 is 0 Å². The standard InChI is InChI=1S/C6H8N2O2S.C6H7NO3S/c7-5-3-1-2-4-6(5)11(8,9)10;7-11(9,10)6-3-1-5(8)2-4-6/h1-4H,7H2,(H2,8,9,10);1-4,8H,(H2,7,9,10). The maximum atomic E-state index is 10.8. The quantitative estimate of drug-likeness (QED) is 0.557. The summed E-state index contributed by atoms with van der Waals surface area (Å²) in [6.07, 6.45) is 0. The first kappa shape index (κ1) is 17.9. The lowest BCUT2D eigenvalue weighted by Gasteiger charge is -2.00. The Morgan fingerprint density at radius 3 is 1.64 bits per heavy atom. The highest BCUT2D eigenvalue weighted by molar-refractivity contribution is 7.89. The van der Waals surface area contributed by atoms with Gasteiger partial charge >= 0.3 is 0 Å². The molecule has 0 atom stereocenters. The molecule has 0 aliphatic carbocycles. The van der Waals surface area contributed by atoms with E-state index in [9.17, 15) is 16.8 Å². The Hall–Kier alpha value is -2.14. The minimum absolute atomic E-state index is 0.00435. The Bertz CT molecular complexity index is 847. The van der Waals surface area contributed by atoms with Crippen LogP contribution in [0.25, 0.3) is 0 Å². The second-order valence-electron chi connectivity index (χ2n) is 4.12. The number of anilines is 1. The second kappa shape index (κ2) is 6.75. The van der Waals surface area contributed by atoms with Gasteiger partial charge in [0.2, 0.25) is 20.0 Å². The van der Waals surface area contributed by atoms with Crippen molar-refractivity contribution < 1.29 is 21.9 Å². The first-order valence-electron chi connectivity index (χ1n) is 5.71. The van der Waals surface area contributed by atoms with Gasteiger partial charge in [-0.1, -0.05) is 12.1 Å². The highest BCUT2D eigenvalue weighted by Crippen LogP contribution is 2.14. The summed E-state index contributed by atoms with van der Waals surface area (Å²) >= 11 is 0. The van der Waals surface area contributed by atoms with Crippen molar-refractivity contribution >= 4 is 25.7 Å². The first-order valence-corrected chi connectivity index (χ1v) is 8.80. The Kier molecular flexibility index (Phi) is 5.49. The number of benzene rings is 2. The minimum atomic E-state index is -3.66. The number of hydrogen-bond acceptors (Lipinski definition) is 6. The summed E-state index contributed by atoms with van der Waals surface area (Å²) in [6.45, 7) is 0. The molecule has 0 aliphatic rings. The number of hydrogen-bond donors (Lipinski definition) is 4. The average molecular weight is 345 g/mol. The molecule has 0 fully saturated rings. The van der Waals surface area contributed by atoms with Crippen molar-refractivity contribution in [2.24, 2.45) is 10.3 Å². The summed E-state index contributed by atoms with van der Waals surface area (Å²) < 4.78 is 42.8. The molecule has 10 heteroatoms. The zero-order chi connectivity index (χ0) is 17.0. The van der Waals surface area contributed by atoms with E-state index in [-0.39, 0.29) is 21.2 Å². The number of para-hydroxylation sites is 1. The van der Waals surface area contributed by atoms with Crippen LogP contribution in [0, 0.1) is 0 Å². The highest BCUT2D eigenvalue weighted by Gasteiger charge is 2.09. The van der Waals surface area contributed by atoms with Gasteiger partial charge in [-0.2, -0.15) is 0 Å². The van der Waals surface area contributed by atoms with Crippen LogP contribution in [-0.2, 0) is 20.0 Å². The van der Waals surface area contributed by atoms with Crippen molar-refractivity contribution in [1.29, 1.82) is 0 Å². The maximum absolute atomic E-state index is 10.8. The number of primary sulfonamides is 2. The van der Waals surface area contributed by atoms with Crippen molar-refractivity contribution in [3.8, 4) is 5.75 Å². The van der Waals surface area contributed by atoms with E-state index in [0.717, 1.165) is 0 Å². The SMILES string of the molecule is NS(=O)(=O)c1ccc(O)cc1.Nc1ccccc1S(N)(=O)=O. The van der Waals surface area contributed by atoms with Crippen molar-refractivity contribution in [2.75, 3.05) is 5.73 Å². The van der Waals surface area contributed by atoms with Gasteiger partial charge in [-0.15, -0.1) is 0 Å². The normalized spacial score (nSPS) is 11.4. The Balaban J connectivity index is 0.000000220. The van der Waals surface area contributed by atoms with Crippen molar-refractivity contribution in [3.63, 3.8) is 0 Å². The van der Waals surface area contributed by atoms with Gasteiger partial charge < -0.3 is 10.8 Å². The molecule has 0 aliphatic heterocycles. The fraction of sp³-hybridized carbons (Fsp3) is 0. The molecule has 2 rings (SSSR count). The summed E-state index contributed by atoms with van der Waals surface area (Å²) in [5.74, 6) is 0.0115. The zero-order valence-corrected chi connectivity index (χ0v) is 12.9. The minimum Gasteiger partial charge on any atom is -0.508 e. The third-order valence-electron chi connectivity index (χ3n) is 2.39. The van der Waals surface area contributed by atoms with Gasteiger partial charge in [0.15, 0.2) is 0 Å². The van der Waals surface area contributed by atoms with Crippen molar-refractivity contribution in [2.45, 2.75) is 9.79 Å². The molecular weight excluding hydrogens is 330 g/mol. The second-order valence-corrected chi connectivity index (χ2v) is 7.21. The van der Waals surface area contributed by atoms with Gasteiger partial charge in [-0.05, 0) is 36.4 Å². The third kappa shape index (κ3) is 5.33. The van der Waals surface area contributed by atoms with Gasteiger partial charge in [0.25, 0.3) is 0 Å². The summed E-state index contributed by atoms with van der Waals surface area (Å²) in [5.41, 5.74) is 5.52. The van der Waals surface area contributed by atoms with Crippen molar-refractivity contribution in [3.05, 3.63) is 48.5 Å². The monoisotopic (exact) mass is 345 g/mol. The number of phenols is 1. The Morgan fingerprint density at radius 2 is 1.27 bits per heavy atom. The molecule has 0 bridgehead atoms. The lowest BCUT2D eigenvalue weighted by Crippen LogP contribution is -2.13. The smallest absolute Gasteiger partial charge is 0.240 e. The van der Waals surface area contributed by atoms with Crippen LogP contribution in [0.15, 0.2) is 58.3 Å². The van der Waals surface area contributed by atoms with Gasteiger partial charge in [-0.3, -0.25) is 0 Å². The molecule has 22 heavy (non-hydrogen) atoms. The molecule has 0 amide bonds. The largest absolute Gasteiger partial charge is 0.508 e. The van der Waals surface area contributed by atoms with Gasteiger partial charge in [0, 0.05) is 0 Å². The molecule has 0 saturated carbocycles. The van der Waals surface area contributed by atoms with Crippen LogP contribution in [0.3, 0.4) is 0 Å². The number of sulfonamides is 2. The summed E-state index contributed by atoms with van der Waals surface area (Å²) in [6, 6.07) is 11.1. The highest BCUT2D eigenvalue weighted by atomic mass is 32.2. The molecule has 7 N–H and O–H groups in total. The zero-order valence-electron chi connectivity index (χ0n) is 11.2. The van der Waals surface area contributed by atoms with Crippen LogP contribution in [0.5, 0.6) is 5.75 Å². The predicted molar refractivity (Wildman–Crippen MR) is 81.7 cm³/mol. The molecule has 2 aromatic rings. The summed E-state index contributed by atoms with van der Waals surface area (Å²) in [5, 5.41) is 18.4. The molecule has 0 radical (unpaired) electrons. The van der Waals surface area contributed by atoms with E-state index in [0.29, 0.717) is 0 Å². The summed E-state index contributed by atoms with van der Waals surface area (Å²) in [4.78, 5) is -0.0321. The van der Waals surface area contributed by atoms with E-state index in [1.54, 1.807) is 12.1 Å². The molecule has 0 aromatic heterocycles. The molecule has 120 valence electrons. The fourth-order valence-corrected chi connectivity index (χ4v) is 2.56. The van der Waals surface area contributed by atoms with Crippen LogP contribution < -0.4 is 16.0 Å². The number of aromatic hydroxyl groups is 1. The van der Waals surface area contributed by atoms with E-state index < -0.39 is 20.0 Å². The number of rotatable bonds is 2. The molecule has 2 aromatic carbocycles. The Labute approximate surface area is 128 Å². The molecular formula is C12H15N3O5S2. The number of nitrogens with two attached hydrogens (primary N) is 3. The maximum Gasteiger partial charge on any atom is 0.240 e. The van der Waals surface area contributed by atoms with Crippen LogP contribution in [0.4, 0.5) is 5.69 Å². The average Bonchev–Trinajstić information content (AvgIpc) is 2.38. The van der Waals surface area contributed by atoms with Gasteiger partial charge in [0.1, 0.15) is 10.6 Å². The van der Waals surface area contributed by atoms with Gasteiger partial charge in [0.05, 0.1) is 10.6 Å². The molecule has 0 heterocycles. The van der Waals surface area contributed by atoms with E-state index in [1.165, 1.54) is 36.4 Å². The van der Waals surface area contributed by atoms with E-state index in [4.69, 9.17) is 21.1 Å². The van der Waals surface area contributed by atoms with Crippen LogP contribution in [0.1, 0.15) is 0 Å². The lowest BCUT2D eigenvalue weighted by molar-refractivity contribution is 0.475. The predicted octanol–water partition coefficient (Wildman–Crippen LogP) is -0.0442. The first-order chi connectivity index (χ1) is 10.0. The molecule has 0 saturated heterocycles. The van der Waals surface area contributed by atoms with Crippen molar-refractivity contribution in [1.82, 2.24) is 0 Å². The fourth-order valence-electron chi connectivity index (χ4n) is 1.38. The van der Waals surface area contributed by atoms with E-state index >= 15 is 0 Å². The third-order valence-corrected chi connectivity index (χ3v) is 4.30. The topological polar surface area (TPSA) is 167 Å². The lowest BCUT2D eigenvalue weighted by atomic mass is 10.3. The van der Waals surface area contributed by atoms with Crippen LogP contribution in [-0.4, -0.2) is 21.9 Å². The van der Waals surface area contributed by atoms with Gasteiger partial charge in [-0.25, -0.2) is 27.1 Å². The number of phenolic OH excluding ortho intramolecular Hbond substituents is 1. The molecule has 0 spiro atoms. The van der Waals surface area contributed by atoms with Crippen LogP contribution in [0.2, 0.25) is 0 Å². The Morgan fingerprint density at radius 1 is 0.773 bits per heavy atom. The van der Waals surface area contributed by atoms with E-state index in [2.05, 4.69) is 0 Å². The number of nitrogen functional groups attached to an aromatic ring is 1.